The summed E-state index contributed by atoms with van der Waals surface area (Å²) in [6.07, 6.45) is 0. The molecule has 2 aromatic carbocycles. The smallest absolute Gasteiger partial charge is 0.257 e. The molecular weight excluding hydrogens is 252 g/mol. The van der Waals surface area contributed by atoms with Crippen LogP contribution >= 0.6 is 0 Å². The minimum Gasteiger partial charge on any atom is -0.392 e. The topological polar surface area (TPSA) is 61.4 Å². The molecule has 2 rings (SSSR count). The lowest BCUT2D eigenvalue weighted by molar-refractivity contribution is 0.102. The normalized spacial score (nSPS) is 10.1. The predicted octanol–water partition coefficient (Wildman–Crippen LogP) is 2.86. The van der Waals surface area contributed by atoms with E-state index in [1.807, 2.05) is 37.3 Å². The van der Waals surface area contributed by atoms with Crippen molar-refractivity contribution in [3.63, 3.8) is 0 Å². The summed E-state index contributed by atoms with van der Waals surface area (Å²) in [5.74, 6) is -0.192. The second-order valence-corrected chi connectivity index (χ2v) is 4.35. The number of benzene rings is 2. The van der Waals surface area contributed by atoms with E-state index in [-0.39, 0.29) is 12.5 Å². The van der Waals surface area contributed by atoms with E-state index >= 15 is 0 Å². The van der Waals surface area contributed by atoms with E-state index in [0.717, 1.165) is 12.2 Å². The number of aliphatic hydroxyl groups excluding tert-OH is 1. The third-order valence-corrected chi connectivity index (χ3v) is 2.97. The van der Waals surface area contributed by atoms with Crippen molar-refractivity contribution in [3.05, 3.63) is 59.7 Å². The van der Waals surface area contributed by atoms with Crippen molar-refractivity contribution >= 4 is 17.3 Å². The highest BCUT2D eigenvalue weighted by molar-refractivity contribution is 6.08. The van der Waals surface area contributed by atoms with Crippen LogP contribution < -0.4 is 10.6 Å². The Kier molecular flexibility index (Phi) is 4.74. The quantitative estimate of drug-likeness (QED) is 0.783. The molecule has 0 saturated carbocycles. The molecule has 4 heteroatoms. The van der Waals surface area contributed by atoms with E-state index in [1.165, 1.54) is 0 Å². The fourth-order valence-electron chi connectivity index (χ4n) is 2.00. The second kappa shape index (κ2) is 6.73. The van der Waals surface area contributed by atoms with Gasteiger partial charge in [-0.1, -0.05) is 30.3 Å². The van der Waals surface area contributed by atoms with E-state index in [0.29, 0.717) is 16.8 Å². The van der Waals surface area contributed by atoms with Crippen molar-refractivity contribution in [1.82, 2.24) is 0 Å². The third-order valence-electron chi connectivity index (χ3n) is 2.97. The van der Waals surface area contributed by atoms with Crippen molar-refractivity contribution in [2.24, 2.45) is 0 Å². The van der Waals surface area contributed by atoms with Crippen LogP contribution in [0, 0.1) is 0 Å². The number of anilines is 2. The van der Waals surface area contributed by atoms with Crippen LogP contribution in [0.15, 0.2) is 48.5 Å². The fraction of sp³-hybridized carbons (Fsp3) is 0.188. The molecule has 0 aliphatic carbocycles. The molecule has 104 valence electrons. The van der Waals surface area contributed by atoms with Gasteiger partial charge in [0.15, 0.2) is 0 Å². The lowest BCUT2D eigenvalue weighted by atomic mass is 10.1. The highest BCUT2D eigenvalue weighted by Gasteiger charge is 2.12. The van der Waals surface area contributed by atoms with Crippen molar-refractivity contribution in [1.29, 1.82) is 0 Å². The van der Waals surface area contributed by atoms with E-state index in [4.69, 9.17) is 0 Å². The standard InChI is InChI=1S/C16H18N2O2/c1-2-17-15-10-6-4-8-13(15)16(20)18-14-9-5-3-7-12(14)11-19/h3-10,17,19H,2,11H2,1H3,(H,18,20). The van der Waals surface area contributed by atoms with Crippen LogP contribution in [0.25, 0.3) is 0 Å². The molecule has 0 aliphatic rings. The van der Waals surface area contributed by atoms with E-state index < -0.39 is 0 Å². The van der Waals surface area contributed by atoms with Crippen LogP contribution in [0.4, 0.5) is 11.4 Å². The van der Waals surface area contributed by atoms with Gasteiger partial charge in [0.05, 0.1) is 12.2 Å². The average molecular weight is 270 g/mol. The Balaban J connectivity index is 2.24. The molecule has 0 atom stereocenters. The third kappa shape index (κ3) is 3.16. The summed E-state index contributed by atoms with van der Waals surface area (Å²) in [6.45, 7) is 2.62. The highest BCUT2D eigenvalue weighted by atomic mass is 16.3. The molecule has 1 amide bonds. The van der Waals surface area contributed by atoms with Crippen LogP contribution in [0.3, 0.4) is 0 Å². The number of nitrogens with one attached hydrogen (secondary N) is 2. The zero-order valence-corrected chi connectivity index (χ0v) is 11.4. The molecule has 20 heavy (non-hydrogen) atoms. The number of aliphatic hydroxyl groups is 1. The zero-order valence-electron chi connectivity index (χ0n) is 11.4. The second-order valence-electron chi connectivity index (χ2n) is 4.35. The van der Waals surface area contributed by atoms with Gasteiger partial charge in [-0.2, -0.15) is 0 Å². The molecule has 2 aromatic rings. The van der Waals surface area contributed by atoms with Crippen molar-refractivity contribution in [3.8, 4) is 0 Å². The summed E-state index contributed by atoms with van der Waals surface area (Å²) in [4.78, 5) is 12.3. The monoisotopic (exact) mass is 270 g/mol. The van der Waals surface area contributed by atoms with Gasteiger partial charge < -0.3 is 15.7 Å². The number of amides is 1. The molecule has 0 bridgehead atoms. The van der Waals surface area contributed by atoms with Gasteiger partial charge in [-0.25, -0.2) is 0 Å². The molecule has 0 aliphatic heterocycles. The van der Waals surface area contributed by atoms with Gasteiger partial charge in [-0.3, -0.25) is 4.79 Å². The molecule has 0 unspecified atom stereocenters. The maximum Gasteiger partial charge on any atom is 0.257 e. The first-order valence-electron chi connectivity index (χ1n) is 6.59. The Labute approximate surface area is 118 Å². The van der Waals surface area contributed by atoms with Gasteiger partial charge in [0.25, 0.3) is 5.91 Å². The summed E-state index contributed by atoms with van der Waals surface area (Å²) in [7, 11) is 0. The van der Waals surface area contributed by atoms with Gasteiger partial charge in [-0.05, 0) is 25.1 Å². The van der Waals surface area contributed by atoms with Gasteiger partial charge in [0.2, 0.25) is 0 Å². The van der Waals surface area contributed by atoms with Gasteiger partial charge in [0, 0.05) is 23.5 Å². The number of carbonyl (C=O) groups excluding carboxylic acids is 1. The highest BCUT2D eigenvalue weighted by Crippen LogP contribution is 2.19. The number of hydrogen-bond donors (Lipinski definition) is 3. The van der Waals surface area contributed by atoms with Crippen molar-refractivity contribution in [2.75, 3.05) is 17.2 Å². The predicted molar refractivity (Wildman–Crippen MR) is 80.9 cm³/mol. The Morgan fingerprint density at radius 1 is 1.05 bits per heavy atom. The summed E-state index contributed by atoms with van der Waals surface area (Å²) in [5, 5.41) is 15.3. The average Bonchev–Trinajstić information content (AvgIpc) is 2.48. The number of para-hydroxylation sites is 2. The summed E-state index contributed by atoms with van der Waals surface area (Å²) in [5.41, 5.74) is 2.71. The van der Waals surface area contributed by atoms with Crippen LogP contribution in [-0.4, -0.2) is 17.6 Å². The Morgan fingerprint density at radius 2 is 1.70 bits per heavy atom. The van der Waals surface area contributed by atoms with Gasteiger partial charge in [0.1, 0.15) is 0 Å². The van der Waals surface area contributed by atoms with Crippen molar-refractivity contribution < 1.29 is 9.90 Å². The van der Waals surface area contributed by atoms with E-state index in [9.17, 15) is 9.90 Å². The first kappa shape index (κ1) is 14.1. The Bertz CT molecular complexity index is 597. The molecule has 0 radical (unpaired) electrons. The van der Waals surface area contributed by atoms with Crippen LogP contribution in [0.2, 0.25) is 0 Å². The lowest BCUT2D eigenvalue weighted by Crippen LogP contribution is -2.15. The largest absolute Gasteiger partial charge is 0.392 e. The molecule has 0 spiro atoms. The molecule has 0 aromatic heterocycles. The van der Waals surface area contributed by atoms with Crippen molar-refractivity contribution in [2.45, 2.75) is 13.5 Å². The first-order chi connectivity index (χ1) is 9.76. The van der Waals surface area contributed by atoms with Crippen LogP contribution in [-0.2, 0) is 6.61 Å². The minimum absolute atomic E-state index is 0.106. The van der Waals surface area contributed by atoms with Crippen LogP contribution in [0.1, 0.15) is 22.8 Å². The molecule has 0 saturated heterocycles. The van der Waals surface area contributed by atoms with Crippen LogP contribution in [0.5, 0.6) is 0 Å². The summed E-state index contributed by atoms with van der Waals surface area (Å²) >= 11 is 0. The fourth-order valence-corrected chi connectivity index (χ4v) is 2.00. The maximum atomic E-state index is 12.3. The van der Waals surface area contributed by atoms with E-state index in [1.54, 1.807) is 18.2 Å². The van der Waals surface area contributed by atoms with E-state index in [2.05, 4.69) is 10.6 Å². The Hall–Kier alpha value is -2.33. The number of hydrogen-bond acceptors (Lipinski definition) is 3. The zero-order chi connectivity index (χ0) is 14.4. The number of rotatable bonds is 5. The number of carbonyl (C=O) groups is 1. The minimum atomic E-state index is -0.192. The Morgan fingerprint density at radius 3 is 2.40 bits per heavy atom. The molecule has 4 nitrogen and oxygen atoms in total. The molecule has 3 N–H and O–H groups in total. The molecular formula is C16H18N2O2. The molecule has 0 heterocycles. The maximum absolute atomic E-state index is 12.3. The SMILES string of the molecule is CCNc1ccccc1C(=O)Nc1ccccc1CO. The van der Waals surface area contributed by atoms with Gasteiger partial charge in [-0.15, -0.1) is 0 Å². The molecule has 0 fully saturated rings. The summed E-state index contributed by atoms with van der Waals surface area (Å²) in [6, 6.07) is 14.6. The summed E-state index contributed by atoms with van der Waals surface area (Å²) < 4.78 is 0. The van der Waals surface area contributed by atoms with Gasteiger partial charge >= 0.3 is 0 Å². The lowest BCUT2D eigenvalue weighted by Gasteiger charge is -2.12. The first-order valence-corrected chi connectivity index (χ1v) is 6.59.